The molecule has 120 valence electrons. The van der Waals surface area contributed by atoms with E-state index in [9.17, 15) is 13.2 Å². The highest BCUT2D eigenvalue weighted by molar-refractivity contribution is 8.00. The fraction of sp³-hybridized carbons (Fsp3) is 0.188. The van der Waals surface area contributed by atoms with E-state index in [0.29, 0.717) is 23.7 Å². The molecule has 0 aromatic heterocycles. The van der Waals surface area contributed by atoms with Crippen molar-refractivity contribution in [3.8, 4) is 0 Å². The average Bonchev–Trinajstić information content (AvgIpc) is 2.55. The first-order valence-electron chi connectivity index (χ1n) is 7.17. The van der Waals surface area contributed by atoms with Crippen LogP contribution < -0.4 is 9.62 Å². The van der Waals surface area contributed by atoms with Crippen LogP contribution in [0.5, 0.6) is 0 Å². The molecule has 1 aliphatic rings. The predicted octanol–water partition coefficient (Wildman–Crippen LogP) is 2.95. The zero-order valence-corrected chi connectivity index (χ0v) is 14.2. The number of nitrogens with one attached hydrogen (secondary N) is 1. The third kappa shape index (κ3) is 3.07. The summed E-state index contributed by atoms with van der Waals surface area (Å²) in [7, 11) is -3.68. The molecular formula is C16H16N2O3S2. The number of anilines is 2. The van der Waals surface area contributed by atoms with Gasteiger partial charge in [-0.2, -0.15) is 0 Å². The van der Waals surface area contributed by atoms with E-state index in [1.807, 2.05) is 6.07 Å². The molecule has 7 heteroatoms. The second-order valence-corrected chi connectivity index (χ2v) is 7.88. The first-order chi connectivity index (χ1) is 11.0. The number of benzene rings is 2. The summed E-state index contributed by atoms with van der Waals surface area (Å²) in [6, 6.07) is 13.8. The first-order valence-corrected chi connectivity index (χ1v) is 9.59. The number of thioether (sulfide) groups is 1. The van der Waals surface area contributed by atoms with E-state index in [1.54, 1.807) is 43.3 Å². The van der Waals surface area contributed by atoms with E-state index < -0.39 is 10.0 Å². The van der Waals surface area contributed by atoms with E-state index in [4.69, 9.17) is 0 Å². The minimum atomic E-state index is -3.68. The molecule has 0 saturated heterocycles. The maximum atomic E-state index is 12.9. The largest absolute Gasteiger partial charge is 0.324 e. The summed E-state index contributed by atoms with van der Waals surface area (Å²) in [6.07, 6.45) is 0. The third-order valence-electron chi connectivity index (χ3n) is 3.50. The van der Waals surface area contributed by atoms with Gasteiger partial charge in [0.2, 0.25) is 5.91 Å². The van der Waals surface area contributed by atoms with Crippen molar-refractivity contribution in [2.45, 2.75) is 16.7 Å². The molecule has 0 spiro atoms. The number of nitrogens with zero attached hydrogens (tertiary/aromatic N) is 1. The second-order valence-electron chi connectivity index (χ2n) is 5.00. The van der Waals surface area contributed by atoms with Gasteiger partial charge in [-0.05, 0) is 37.3 Å². The lowest BCUT2D eigenvalue weighted by Gasteiger charge is -2.24. The Balaban J connectivity index is 2.02. The summed E-state index contributed by atoms with van der Waals surface area (Å²) in [6.45, 7) is 2.12. The van der Waals surface area contributed by atoms with Gasteiger partial charge in [0.15, 0.2) is 0 Å². The molecule has 1 aliphatic heterocycles. The van der Waals surface area contributed by atoms with Crippen molar-refractivity contribution in [2.24, 2.45) is 0 Å². The fourth-order valence-corrected chi connectivity index (χ4v) is 4.72. The molecule has 0 saturated carbocycles. The van der Waals surface area contributed by atoms with Gasteiger partial charge in [0.25, 0.3) is 10.0 Å². The number of carbonyl (C=O) groups is 1. The minimum absolute atomic E-state index is 0.118. The molecule has 0 aliphatic carbocycles. The van der Waals surface area contributed by atoms with Crippen LogP contribution in [0.15, 0.2) is 58.3 Å². The topological polar surface area (TPSA) is 66.5 Å². The quantitative estimate of drug-likeness (QED) is 0.922. The number of hydrogen-bond acceptors (Lipinski definition) is 4. The van der Waals surface area contributed by atoms with Gasteiger partial charge in [0.05, 0.1) is 22.0 Å². The maximum absolute atomic E-state index is 12.9. The van der Waals surface area contributed by atoms with Gasteiger partial charge in [0, 0.05) is 11.4 Å². The Bertz CT molecular complexity index is 836. The first kappa shape index (κ1) is 15.9. The van der Waals surface area contributed by atoms with Crippen molar-refractivity contribution in [3.63, 3.8) is 0 Å². The molecule has 0 bridgehead atoms. The zero-order valence-electron chi connectivity index (χ0n) is 12.5. The molecule has 0 unspecified atom stereocenters. The number of amides is 1. The number of rotatable bonds is 4. The number of para-hydroxylation sites is 1. The van der Waals surface area contributed by atoms with Gasteiger partial charge in [-0.1, -0.05) is 18.2 Å². The second kappa shape index (κ2) is 6.25. The molecule has 2 aromatic carbocycles. The molecule has 1 amide bonds. The monoisotopic (exact) mass is 348 g/mol. The maximum Gasteiger partial charge on any atom is 0.264 e. The SMILES string of the molecule is CCN(c1ccccc1)S(=O)(=O)c1ccc2c(c1)NC(=O)CS2. The molecule has 0 fully saturated rings. The summed E-state index contributed by atoms with van der Waals surface area (Å²) in [5, 5.41) is 2.73. The number of fused-ring (bicyclic) bond motifs is 1. The Labute approximate surface area is 139 Å². The molecule has 2 aromatic rings. The Morgan fingerprint density at radius 2 is 1.91 bits per heavy atom. The summed E-state index contributed by atoms with van der Waals surface area (Å²) in [5.41, 5.74) is 1.17. The highest BCUT2D eigenvalue weighted by atomic mass is 32.2. The van der Waals surface area contributed by atoms with Crippen molar-refractivity contribution in [2.75, 3.05) is 21.9 Å². The lowest BCUT2D eigenvalue weighted by atomic mass is 10.3. The van der Waals surface area contributed by atoms with Crippen molar-refractivity contribution in [1.82, 2.24) is 0 Å². The van der Waals surface area contributed by atoms with E-state index >= 15 is 0 Å². The highest BCUT2D eigenvalue weighted by Crippen LogP contribution is 2.34. The van der Waals surface area contributed by atoms with Crippen molar-refractivity contribution in [3.05, 3.63) is 48.5 Å². The van der Waals surface area contributed by atoms with Crippen LogP contribution in [0.25, 0.3) is 0 Å². The van der Waals surface area contributed by atoms with E-state index in [0.717, 1.165) is 4.90 Å². The Morgan fingerprint density at radius 1 is 1.17 bits per heavy atom. The molecule has 1 N–H and O–H groups in total. The summed E-state index contributed by atoms with van der Waals surface area (Å²) in [5.74, 6) is 0.233. The number of carbonyl (C=O) groups excluding carboxylic acids is 1. The van der Waals surface area contributed by atoms with Crippen molar-refractivity contribution >= 4 is 39.1 Å². The van der Waals surface area contributed by atoms with Crippen LogP contribution in [-0.4, -0.2) is 26.6 Å². The minimum Gasteiger partial charge on any atom is -0.324 e. The Morgan fingerprint density at radius 3 is 2.61 bits per heavy atom. The number of sulfonamides is 1. The smallest absolute Gasteiger partial charge is 0.264 e. The molecule has 5 nitrogen and oxygen atoms in total. The Hall–Kier alpha value is -1.99. The lowest BCUT2D eigenvalue weighted by Crippen LogP contribution is -2.31. The van der Waals surface area contributed by atoms with Gasteiger partial charge in [-0.15, -0.1) is 11.8 Å². The van der Waals surface area contributed by atoms with Crippen LogP contribution in [0.1, 0.15) is 6.92 Å². The normalized spacial score (nSPS) is 14.0. The van der Waals surface area contributed by atoms with Crippen LogP contribution >= 0.6 is 11.8 Å². The summed E-state index contributed by atoms with van der Waals surface area (Å²) < 4.78 is 27.2. The van der Waals surface area contributed by atoms with Crippen LogP contribution in [0, 0.1) is 0 Å². The molecule has 0 radical (unpaired) electrons. The molecular weight excluding hydrogens is 332 g/mol. The summed E-state index contributed by atoms with van der Waals surface area (Å²) in [4.78, 5) is 12.6. The molecule has 23 heavy (non-hydrogen) atoms. The van der Waals surface area contributed by atoms with Crippen molar-refractivity contribution < 1.29 is 13.2 Å². The average molecular weight is 348 g/mol. The highest BCUT2D eigenvalue weighted by Gasteiger charge is 2.25. The van der Waals surface area contributed by atoms with Gasteiger partial charge in [0.1, 0.15) is 0 Å². The summed E-state index contributed by atoms with van der Waals surface area (Å²) >= 11 is 1.41. The molecule has 0 atom stereocenters. The predicted molar refractivity (Wildman–Crippen MR) is 92.4 cm³/mol. The Kier molecular flexibility index (Phi) is 4.32. The zero-order chi connectivity index (χ0) is 16.4. The van der Waals surface area contributed by atoms with Crippen LogP contribution in [0.4, 0.5) is 11.4 Å². The van der Waals surface area contributed by atoms with Gasteiger partial charge in [-0.3, -0.25) is 9.10 Å². The van der Waals surface area contributed by atoms with Crippen LogP contribution in [0.3, 0.4) is 0 Å². The molecule has 3 rings (SSSR count). The van der Waals surface area contributed by atoms with Gasteiger partial charge < -0.3 is 5.32 Å². The fourth-order valence-electron chi connectivity index (χ4n) is 2.44. The van der Waals surface area contributed by atoms with E-state index in [-0.39, 0.29) is 10.8 Å². The van der Waals surface area contributed by atoms with Crippen molar-refractivity contribution in [1.29, 1.82) is 0 Å². The van der Waals surface area contributed by atoms with Gasteiger partial charge in [-0.25, -0.2) is 8.42 Å². The molecule has 1 heterocycles. The number of hydrogen-bond donors (Lipinski definition) is 1. The van der Waals surface area contributed by atoms with Gasteiger partial charge >= 0.3 is 0 Å². The third-order valence-corrected chi connectivity index (χ3v) is 6.48. The van der Waals surface area contributed by atoms with Crippen LogP contribution in [-0.2, 0) is 14.8 Å². The standard InChI is InChI=1S/C16H16N2O3S2/c1-2-18(12-6-4-3-5-7-12)23(20,21)13-8-9-15-14(10-13)17-16(19)11-22-15/h3-10H,2,11H2,1H3,(H,17,19). The van der Waals surface area contributed by atoms with Crippen LogP contribution in [0.2, 0.25) is 0 Å². The lowest BCUT2D eigenvalue weighted by molar-refractivity contribution is -0.113. The van der Waals surface area contributed by atoms with E-state index in [1.165, 1.54) is 22.1 Å². The van der Waals surface area contributed by atoms with E-state index in [2.05, 4.69) is 5.32 Å².